The van der Waals surface area contributed by atoms with Gasteiger partial charge in [-0.2, -0.15) is 18.4 Å². The largest absolute Gasteiger partial charge is 0.496 e. The van der Waals surface area contributed by atoms with Crippen LogP contribution in [0.4, 0.5) is 13.2 Å². The average Bonchev–Trinajstić information content (AvgIpc) is 3.29. The number of carbonyl (C=O) groups excluding carboxylic acids is 1. The molecule has 1 aromatic carbocycles. The number of methoxy groups -OCH3 is 2. The molecular weight excluding hydrogens is 461 g/mol. The fourth-order valence-electron chi connectivity index (χ4n) is 3.72. The number of benzene rings is 1. The number of carbonyl (C=O) groups is 1. The summed E-state index contributed by atoms with van der Waals surface area (Å²) >= 11 is 0. The highest BCUT2D eigenvalue weighted by molar-refractivity contribution is 6.02. The van der Waals surface area contributed by atoms with Crippen molar-refractivity contribution < 1.29 is 27.4 Å². The molecule has 0 aliphatic rings. The number of nitriles is 1. The minimum absolute atomic E-state index is 0.0348. The molecule has 4 rings (SSSR count). The monoisotopic (exact) mass is 480 g/mol. The van der Waals surface area contributed by atoms with Crippen molar-refractivity contribution in [1.82, 2.24) is 14.4 Å². The Labute approximate surface area is 198 Å². The van der Waals surface area contributed by atoms with Crippen molar-refractivity contribution >= 4 is 11.4 Å². The average molecular weight is 480 g/mol. The molecule has 178 valence electrons. The Bertz CT molecular complexity index is 1410. The van der Waals surface area contributed by atoms with Crippen LogP contribution in [0.15, 0.2) is 55.0 Å². The van der Waals surface area contributed by atoms with Gasteiger partial charge < -0.3 is 9.47 Å². The molecule has 0 bridgehead atoms. The Kier molecular flexibility index (Phi) is 6.42. The Balaban J connectivity index is 1.72. The van der Waals surface area contributed by atoms with Crippen molar-refractivity contribution in [2.75, 3.05) is 14.2 Å². The minimum atomic E-state index is -4.45. The van der Waals surface area contributed by atoms with Gasteiger partial charge in [0.2, 0.25) is 0 Å². The molecule has 0 spiro atoms. The van der Waals surface area contributed by atoms with Gasteiger partial charge >= 0.3 is 6.18 Å². The zero-order valence-electron chi connectivity index (χ0n) is 18.8. The number of ketones is 1. The van der Waals surface area contributed by atoms with Crippen molar-refractivity contribution in [3.63, 3.8) is 0 Å². The van der Waals surface area contributed by atoms with Gasteiger partial charge in [-0.15, -0.1) is 0 Å². The maximum Gasteiger partial charge on any atom is 0.389 e. The number of hydrogen-bond acceptors (Lipinski definition) is 6. The number of alkyl halides is 3. The molecule has 3 heterocycles. The van der Waals surface area contributed by atoms with Crippen molar-refractivity contribution in [3.8, 4) is 40.0 Å². The number of nitrogens with zero attached hydrogens (tertiary/aromatic N) is 4. The number of pyridine rings is 2. The third-order valence-corrected chi connectivity index (χ3v) is 5.44. The molecule has 0 N–H and O–H groups in total. The van der Waals surface area contributed by atoms with Crippen LogP contribution in [0, 0.1) is 11.3 Å². The third-order valence-electron chi connectivity index (χ3n) is 5.44. The SMILES string of the molecule is COc1cc(-c2cnc3cc(-c4ccc(C#N)nc4)ccn23)cc(OC)c1C(=O)CCC(F)(F)F. The number of fused-ring (bicyclic) bond motifs is 1. The Morgan fingerprint density at radius 1 is 1.00 bits per heavy atom. The molecule has 0 unspecified atom stereocenters. The number of Topliss-reactive ketones (excluding diaryl/α,β-unsaturated/α-hetero) is 1. The topological polar surface area (TPSA) is 89.5 Å². The standard InChI is InChI=1S/C25H19F3N4O3/c1-34-21-9-17(10-22(35-2)24(21)20(33)5-7-25(26,27)28)19-14-31-23-11-15(6-8-32(19)23)16-3-4-18(12-29)30-13-16/h3-4,6,8-11,13-14H,5,7H2,1-2H3. The van der Waals surface area contributed by atoms with Crippen LogP contribution in [0.5, 0.6) is 11.5 Å². The van der Waals surface area contributed by atoms with E-state index in [0.29, 0.717) is 22.6 Å². The molecule has 10 heteroatoms. The Morgan fingerprint density at radius 2 is 1.71 bits per heavy atom. The number of hydrogen-bond donors (Lipinski definition) is 0. The quantitative estimate of drug-likeness (QED) is 0.326. The van der Waals surface area contributed by atoms with E-state index in [1.54, 1.807) is 36.7 Å². The van der Waals surface area contributed by atoms with Gasteiger partial charge in [-0.3, -0.25) is 9.20 Å². The Morgan fingerprint density at radius 3 is 2.29 bits per heavy atom. The molecular formula is C25H19F3N4O3. The van der Waals surface area contributed by atoms with Crippen LogP contribution < -0.4 is 9.47 Å². The molecule has 0 radical (unpaired) electrons. The lowest BCUT2D eigenvalue weighted by Gasteiger charge is -2.15. The van der Waals surface area contributed by atoms with Crippen LogP contribution in [0.3, 0.4) is 0 Å². The summed E-state index contributed by atoms with van der Waals surface area (Å²) in [6.07, 6.45) is -1.33. The molecule has 4 aromatic rings. The van der Waals surface area contributed by atoms with Crippen LogP contribution in [0.1, 0.15) is 28.9 Å². The summed E-state index contributed by atoms with van der Waals surface area (Å²) in [4.78, 5) is 21.1. The van der Waals surface area contributed by atoms with Gasteiger partial charge in [0.05, 0.1) is 32.5 Å². The molecule has 0 saturated heterocycles. The van der Waals surface area contributed by atoms with Crippen LogP contribution in [0.25, 0.3) is 28.0 Å². The minimum Gasteiger partial charge on any atom is -0.496 e. The summed E-state index contributed by atoms with van der Waals surface area (Å²) < 4.78 is 50.4. The highest BCUT2D eigenvalue weighted by Crippen LogP contribution is 2.37. The number of aromatic nitrogens is 3. The van der Waals surface area contributed by atoms with E-state index < -0.39 is 24.8 Å². The molecule has 0 aliphatic heterocycles. The van der Waals surface area contributed by atoms with Gasteiger partial charge in [0, 0.05) is 29.9 Å². The normalized spacial score (nSPS) is 11.3. The van der Waals surface area contributed by atoms with Gasteiger partial charge in [0.15, 0.2) is 5.78 Å². The highest BCUT2D eigenvalue weighted by Gasteiger charge is 2.30. The Hall–Kier alpha value is -4.39. The smallest absolute Gasteiger partial charge is 0.389 e. The molecule has 35 heavy (non-hydrogen) atoms. The predicted octanol–water partition coefficient (Wildman–Crippen LogP) is 5.48. The van der Waals surface area contributed by atoms with E-state index in [1.165, 1.54) is 14.2 Å². The van der Waals surface area contributed by atoms with Gasteiger partial charge in [-0.25, -0.2) is 9.97 Å². The predicted molar refractivity (Wildman–Crippen MR) is 121 cm³/mol. The number of ether oxygens (including phenoxy) is 2. The lowest BCUT2D eigenvalue weighted by Crippen LogP contribution is -2.12. The van der Waals surface area contributed by atoms with Crippen LogP contribution in [-0.4, -0.2) is 40.5 Å². The second-order valence-electron chi connectivity index (χ2n) is 7.63. The van der Waals surface area contributed by atoms with Gasteiger partial charge in [0.25, 0.3) is 0 Å². The zero-order valence-corrected chi connectivity index (χ0v) is 18.8. The van der Waals surface area contributed by atoms with Crippen molar-refractivity contribution in [3.05, 3.63) is 66.2 Å². The van der Waals surface area contributed by atoms with Crippen LogP contribution >= 0.6 is 0 Å². The van der Waals surface area contributed by atoms with Crippen molar-refractivity contribution in [1.29, 1.82) is 5.26 Å². The second-order valence-corrected chi connectivity index (χ2v) is 7.63. The summed E-state index contributed by atoms with van der Waals surface area (Å²) in [6, 6.07) is 12.3. The van der Waals surface area contributed by atoms with E-state index in [-0.39, 0.29) is 17.1 Å². The van der Waals surface area contributed by atoms with E-state index in [9.17, 15) is 18.0 Å². The summed E-state index contributed by atoms with van der Waals surface area (Å²) in [5.41, 5.74) is 3.86. The first-order valence-electron chi connectivity index (χ1n) is 10.4. The first-order chi connectivity index (χ1) is 16.7. The maximum atomic E-state index is 12.6. The summed E-state index contributed by atoms with van der Waals surface area (Å²) in [5, 5.41) is 8.93. The molecule has 0 aliphatic carbocycles. The molecule has 0 saturated carbocycles. The highest BCUT2D eigenvalue weighted by atomic mass is 19.4. The summed E-state index contributed by atoms with van der Waals surface area (Å²) in [6.45, 7) is 0. The van der Waals surface area contributed by atoms with E-state index in [0.717, 1.165) is 11.1 Å². The van der Waals surface area contributed by atoms with Crippen LogP contribution in [-0.2, 0) is 0 Å². The lowest BCUT2D eigenvalue weighted by atomic mass is 10.0. The molecule has 7 nitrogen and oxygen atoms in total. The maximum absolute atomic E-state index is 12.6. The van der Waals surface area contributed by atoms with E-state index in [2.05, 4.69) is 9.97 Å². The summed E-state index contributed by atoms with van der Waals surface area (Å²) in [5.74, 6) is -0.495. The zero-order chi connectivity index (χ0) is 25.2. The van der Waals surface area contributed by atoms with E-state index in [4.69, 9.17) is 14.7 Å². The number of halogens is 3. The third kappa shape index (κ3) is 4.94. The van der Waals surface area contributed by atoms with E-state index in [1.807, 2.05) is 28.8 Å². The van der Waals surface area contributed by atoms with Crippen LogP contribution in [0.2, 0.25) is 0 Å². The van der Waals surface area contributed by atoms with Crippen molar-refractivity contribution in [2.45, 2.75) is 19.0 Å². The van der Waals surface area contributed by atoms with Gasteiger partial charge in [-0.05, 0) is 42.0 Å². The molecule has 0 fully saturated rings. The van der Waals surface area contributed by atoms with Gasteiger partial charge in [0.1, 0.15) is 34.5 Å². The molecule has 0 amide bonds. The molecule has 3 aromatic heterocycles. The second kappa shape index (κ2) is 9.46. The lowest BCUT2D eigenvalue weighted by molar-refractivity contribution is -0.133. The first-order valence-corrected chi connectivity index (χ1v) is 10.4. The fourth-order valence-corrected chi connectivity index (χ4v) is 3.72. The number of imidazole rings is 1. The van der Waals surface area contributed by atoms with Crippen molar-refractivity contribution in [2.24, 2.45) is 0 Å². The molecule has 0 atom stereocenters. The first kappa shape index (κ1) is 23.8. The fraction of sp³-hybridized carbons (Fsp3) is 0.200. The van der Waals surface area contributed by atoms with E-state index >= 15 is 0 Å². The van der Waals surface area contributed by atoms with Gasteiger partial charge in [-0.1, -0.05) is 0 Å². The summed E-state index contributed by atoms with van der Waals surface area (Å²) in [7, 11) is 2.68. The number of rotatable bonds is 7.